The van der Waals surface area contributed by atoms with Crippen molar-refractivity contribution in [1.29, 1.82) is 0 Å². The van der Waals surface area contributed by atoms with Crippen molar-refractivity contribution in [3.8, 4) is 0 Å². The maximum atomic E-state index is 12.2. The van der Waals surface area contributed by atoms with Crippen LogP contribution in [-0.4, -0.2) is 52.2 Å². The lowest BCUT2D eigenvalue weighted by molar-refractivity contribution is -0.0452. The predicted octanol–water partition coefficient (Wildman–Crippen LogP) is 2.73. The first-order chi connectivity index (χ1) is 13.3. The Morgan fingerprint density at radius 2 is 1.96 bits per heavy atom. The molecule has 0 aromatic carbocycles. The van der Waals surface area contributed by atoms with E-state index < -0.39 is 5.60 Å². The molecule has 1 saturated carbocycles. The highest BCUT2D eigenvalue weighted by Crippen LogP contribution is 2.46. The topological polar surface area (TPSA) is 76.1 Å². The Bertz CT molecular complexity index is 926. The number of hydrogen-bond acceptors (Lipinski definition) is 5. The van der Waals surface area contributed by atoms with E-state index in [-0.39, 0.29) is 11.5 Å². The van der Waals surface area contributed by atoms with Crippen molar-refractivity contribution in [2.24, 2.45) is 11.1 Å². The molecular formula is C21H29N5O2. The molecule has 2 aromatic heterocycles. The van der Waals surface area contributed by atoms with E-state index in [1.807, 2.05) is 31.9 Å². The van der Waals surface area contributed by atoms with Gasteiger partial charge in [-0.1, -0.05) is 0 Å². The number of ether oxygens (including phenoxy) is 1. The molecule has 4 heterocycles. The Balaban J connectivity index is 1.31. The molecule has 7 nitrogen and oxygen atoms in total. The van der Waals surface area contributed by atoms with Crippen molar-refractivity contribution in [3.63, 3.8) is 0 Å². The lowest BCUT2D eigenvalue weighted by Gasteiger charge is -2.60. The minimum absolute atomic E-state index is 0.199. The minimum Gasteiger partial charge on any atom is -0.444 e. The van der Waals surface area contributed by atoms with Crippen LogP contribution in [0.25, 0.3) is 5.65 Å². The Morgan fingerprint density at radius 3 is 2.57 bits per heavy atom. The summed E-state index contributed by atoms with van der Waals surface area (Å²) in [7, 11) is 0. The number of nitrogens with zero attached hydrogens (tertiary/aromatic N) is 4. The van der Waals surface area contributed by atoms with Crippen LogP contribution in [0.15, 0.2) is 18.5 Å². The van der Waals surface area contributed by atoms with Crippen LogP contribution in [0, 0.1) is 5.41 Å². The van der Waals surface area contributed by atoms with Gasteiger partial charge in [0.15, 0.2) is 5.65 Å². The van der Waals surface area contributed by atoms with Gasteiger partial charge < -0.3 is 24.7 Å². The van der Waals surface area contributed by atoms with Crippen molar-refractivity contribution >= 4 is 17.4 Å². The molecule has 0 atom stereocenters. The molecule has 5 rings (SSSR count). The average molecular weight is 383 g/mol. The molecule has 3 aliphatic rings. The van der Waals surface area contributed by atoms with Gasteiger partial charge in [-0.25, -0.2) is 9.78 Å². The van der Waals surface area contributed by atoms with Gasteiger partial charge in [0.2, 0.25) is 0 Å². The van der Waals surface area contributed by atoms with Gasteiger partial charge in [0.05, 0.1) is 11.4 Å². The third-order valence-electron chi connectivity index (χ3n) is 5.96. The molecule has 28 heavy (non-hydrogen) atoms. The van der Waals surface area contributed by atoms with Gasteiger partial charge in [-0.3, -0.25) is 0 Å². The van der Waals surface area contributed by atoms with E-state index in [1.54, 1.807) is 0 Å². The SMILES string of the molecule is CC(C)(C)OC(=O)N1CC2(C1)CN(c1cc(C3CC3)cn3cc(CN)nc13)C2. The zero-order valence-electron chi connectivity index (χ0n) is 16.9. The molecule has 1 aliphatic carbocycles. The number of carbonyl (C=O) groups excluding carboxylic acids is 1. The molecular weight excluding hydrogens is 354 g/mol. The van der Waals surface area contributed by atoms with E-state index in [4.69, 9.17) is 15.5 Å². The van der Waals surface area contributed by atoms with Crippen LogP contribution >= 0.6 is 0 Å². The average Bonchev–Trinajstić information content (AvgIpc) is 3.29. The highest BCUT2D eigenvalue weighted by molar-refractivity contribution is 5.74. The van der Waals surface area contributed by atoms with Crippen LogP contribution in [0.4, 0.5) is 10.5 Å². The molecule has 1 amide bonds. The fourth-order valence-electron chi connectivity index (χ4n) is 4.48. The van der Waals surface area contributed by atoms with Crippen LogP contribution in [0.1, 0.15) is 50.8 Å². The lowest BCUT2D eigenvalue weighted by atomic mass is 9.73. The first-order valence-electron chi connectivity index (χ1n) is 10.2. The van der Waals surface area contributed by atoms with Gasteiger partial charge >= 0.3 is 6.09 Å². The minimum atomic E-state index is -0.443. The van der Waals surface area contributed by atoms with Crippen molar-refractivity contribution in [2.45, 2.75) is 51.7 Å². The molecule has 150 valence electrons. The second-order valence-corrected chi connectivity index (χ2v) is 9.79. The first kappa shape index (κ1) is 17.8. The Labute approximate surface area is 165 Å². The van der Waals surface area contributed by atoms with Crippen LogP contribution in [0.2, 0.25) is 0 Å². The first-order valence-corrected chi connectivity index (χ1v) is 10.2. The zero-order chi connectivity index (χ0) is 19.7. The van der Waals surface area contributed by atoms with Crippen LogP contribution in [0.3, 0.4) is 0 Å². The number of imidazole rings is 1. The highest BCUT2D eigenvalue weighted by atomic mass is 16.6. The molecule has 2 aromatic rings. The fourth-order valence-corrected chi connectivity index (χ4v) is 4.48. The normalized spacial score (nSPS) is 21.0. The number of nitrogens with two attached hydrogens (primary N) is 1. The van der Waals surface area contributed by atoms with E-state index in [0.717, 1.165) is 37.5 Å². The molecule has 0 bridgehead atoms. The van der Waals surface area contributed by atoms with E-state index in [9.17, 15) is 4.79 Å². The summed E-state index contributed by atoms with van der Waals surface area (Å²) in [5.41, 5.74) is 10.1. The number of amides is 1. The number of fused-ring (bicyclic) bond motifs is 1. The van der Waals surface area contributed by atoms with Crippen LogP contribution in [0.5, 0.6) is 0 Å². The fraction of sp³-hybridized carbons (Fsp3) is 0.619. The largest absolute Gasteiger partial charge is 0.444 e. The van der Waals surface area contributed by atoms with E-state index in [0.29, 0.717) is 12.5 Å². The molecule has 0 unspecified atom stereocenters. The summed E-state index contributed by atoms with van der Waals surface area (Å²) in [5.74, 6) is 0.688. The second-order valence-electron chi connectivity index (χ2n) is 9.79. The van der Waals surface area contributed by atoms with Gasteiger partial charge in [-0.15, -0.1) is 0 Å². The number of rotatable bonds is 3. The van der Waals surface area contributed by atoms with Gasteiger partial charge in [0, 0.05) is 50.5 Å². The number of pyridine rings is 1. The van der Waals surface area contributed by atoms with Gasteiger partial charge in [-0.2, -0.15) is 0 Å². The number of hydrogen-bond donors (Lipinski definition) is 1. The molecule has 2 aliphatic heterocycles. The Morgan fingerprint density at radius 1 is 1.25 bits per heavy atom. The van der Waals surface area contributed by atoms with Gasteiger partial charge in [-0.05, 0) is 51.2 Å². The lowest BCUT2D eigenvalue weighted by Crippen LogP contribution is -2.73. The molecule has 3 fully saturated rings. The number of likely N-dealkylation sites (tertiary alicyclic amines) is 1. The monoisotopic (exact) mass is 383 g/mol. The summed E-state index contributed by atoms with van der Waals surface area (Å²) in [4.78, 5) is 21.2. The molecule has 2 N–H and O–H groups in total. The van der Waals surface area contributed by atoms with Crippen molar-refractivity contribution in [2.75, 3.05) is 31.1 Å². The zero-order valence-corrected chi connectivity index (χ0v) is 16.9. The number of aromatic nitrogens is 2. The summed E-state index contributed by atoms with van der Waals surface area (Å²) in [6, 6.07) is 2.32. The van der Waals surface area contributed by atoms with Crippen molar-refractivity contribution in [3.05, 3.63) is 29.7 Å². The molecule has 0 radical (unpaired) electrons. The van der Waals surface area contributed by atoms with Gasteiger partial charge in [0.25, 0.3) is 0 Å². The number of anilines is 1. The van der Waals surface area contributed by atoms with Gasteiger partial charge in [0.1, 0.15) is 5.60 Å². The summed E-state index contributed by atoms with van der Waals surface area (Å²) in [6.45, 7) is 9.65. The summed E-state index contributed by atoms with van der Waals surface area (Å²) < 4.78 is 7.63. The van der Waals surface area contributed by atoms with E-state index in [1.165, 1.54) is 24.1 Å². The third kappa shape index (κ3) is 3.02. The number of carbonyl (C=O) groups is 1. The maximum absolute atomic E-state index is 12.2. The van der Waals surface area contributed by atoms with Crippen molar-refractivity contribution < 1.29 is 9.53 Å². The third-order valence-corrected chi connectivity index (χ3v) is 5.96. The van der Waals surface area contributed by atoms with E-state index >= 15 is 0 Å². The standard InChI is InChI=1S/C21H29N5O2/c1-20(2,3)28-19(27)26-12-21(13-26)10-25(11-21)17-6-15(14-4-5-14)8-24-9-16(7-22)23-18(17)24/h6,8-9,14H,4-5,7,10-13,22H2,1-3H3. The Kier molecular flexibility index (Phi) is 3.72. The second kappa shape index (κ2) is 5.86. The molecule has 2 saturated heterocycles. The molecule has 7 heteroatoms. The molecule has 1 spiro atoms. The van der Waals surface area contributed by atoms with E-state index in [2.05, 4.69) is 21.6 Å². The summed E-state index contributed by atoms with van der Waals surface area (Å²) in [6.07, 6.45) is 6.62. The highest BCUT2D eigenvalue weighted by Gasteiger charge is 2.54. The summed E-state index contributed by atoms with van der Waals surface area (Å²) in [5, 5.41) is 0. The maximum Gasteiger partial charge on any atom is 0.410 e. The van der Waals surface area contributed by atoms with Crippen molar-refractivity contribution in [1.82, 2.24) is 14.3 Å². The van der Waals surface area contributed by atoms with Crippen LogP contribution < -0.4 is 10.6 Å². The predicted molar refractivity (Wildman–Crippen MR) is 108 cm³/mol. The van der Waals surface area contributed by atoms with Crippen LogP contribution in [-0.2, 0) is 11.3 Å². The quantitative estimate of drug-likeness (QED) is 0.882. The summed E-state index contributed by atoms with van der Waals surface area (Å²) >= 11 is 0. The Hall–Kier alpha value is -2.28. The smallest absolute Gasteiger partial charge is 0.410 e.